The lowest BCUT2D eigenvalue weighted by Crippen LogP contribution is -2.19. The van der Waals surface area contributed by atoms with Crippen molar-refractivity contribution in [1.82, 2.24) is 10.3 Å². The Kier molecular flexibility index (Phi) is 4.38. The van der Waals surface area contributed by atoms with E-state index in [-0.39, 0.29) is 0 Å². The first-order valence-corrected chi connectivity index (χ1v) is 7.50. The van der Waals surface area contributed by atoms with Crippen molar-refractivity contribution in [3.05, 3.63) is 50.5 Å². The van der Waals surface area contributed by atoms with Crippen LogP contribution in [0.25, 0.3) is 0 Å². The highest BCUT2D eigenvalue weighted by Crippen LogP contribution is 2.28. The summed E-state index contributed by atoms with van der Waals surface area (Å²) in [5, 5.41) is 4.59. The Morgan fingerprint density at radius 3 is 2.53 bits per heavy atom. The fourth-order valence-electron chi connectivity index (χ4n) is 2.44. The van der Waals surface area contributed by atoms with E-state index >= 15 is 0 Å². The largest absolute Gasteiger partial charge is 0.312 e. The van der Waals surface area contributed by atoms with Gasteiger partial charge in [-0.1, -0.05) is 23.8 Å². The van der Waals surface area contributed by atoms with Gasteiger partial charge in [-0.15, -0.1) is 11.3 Å². The topological polar surface area (TPSA) is 24.9 Å². The standard InChI is InChI=1S/C16H22N2S/c1-10-6-7-11(2)14(8-10)9-15(17-5)16-12(3)18-13(4)19-16/h6-8,15,17H,9H2,1-5H3. The fraction of sp³-hybridized carbons (Fsp3) is 0.438. The molecule has 2 aromatic rings. The maximum atomic E-state index is 4.54. The Balaban J connectivity index is 2.29. The molecule has 1 aromatic carbocycles. The van der Waals surface area contributed by atoms with Gasteiger partial charge in [0.1, 0.15) is 0 Å². The van der Waals surface area contributed by atoms with Gasteiger partial charge in [0.2, 0.25) is 0 Å². The minimum Gasteiger partial charge on any atom is -0.312 e. The van der Waals surface area contributed by atoms with Crippen LogP contribution in [-0.2, 0) is 6.42 Å². The Labute approximate surface area is 119 Å². The molecule has 0 fully saturated rings. The van der Waals surface area contributed by atoms with Crippen molar-refractivity contribution < 1.29 is 0 Å². The summed E-state index contributed by atoms with van der Waals surface area (Å²) in [6.07, 6.45) is 1.02. The van der Waals surface area contributed by atoms with Gasteiger partial charge in [-0.25, -0.2) is 4.98 Å². The molecule has 102 valence electrons. The van der Waals surface area contributed by atoms with Gasteiger partial charge in [0.25, 0.3) is 0 Å². The quantitative estimate of drug-likeness (QED) is 0.915. The van der Waals surface area contributed by atoms with Crippen LogP contribution in [0.5, 0.6) is 0 Å². The summed E-state index contributed by atoms with van der Waals surface area (Å²) in [5.41, 5.74) is 5.27. The first-order valence-electron chi connectivity index (χ1n) is 6.68. The molecule has 0 aliphatic rings. The van der Waals surface area contributed by atoms with Crippen molar-refractivity contribution in [2.24, 2.45) is 0 Å². The molecule has 1 heterocycles. The fourth-order valence-corrected chi connectivity index (χ4v) is 3.47. The van der Waals surface area contributed by atoms with E-state index in [1.807, 2.05) is 7.05 Å². The number of thiazole rings is 1. The number of likely N-dealkylation sites (N-methyl/N-ethyl adjacent to an activating group) is 1. The van der Waals surface area contributed by atoms with E-state index in [9.17, 15) is 0 Å². The van der Waals surface area contributed by atoms with Crippen LogP contribution in [0.3, 0.4) is 0 Å². The van der Waals surface area contributed by atoms with Crippen LogP contribution in [0.1, 0.15) is 38.3 Å². The van der Waals surface area contributed by atoms with Crippen molar-refractivity contribution in [2.75, 3.05) is 7.05 Å². The zero-order valence-electron chi connectivity index (χ0n) is 12.4. The third kappa shape index (κ3) is 3.23. The number of hydrogen-bond donors (Lipinski definition) is 1. The number of hydrogen-bond acceptors (Lipinski definition) is 3. The van der Waals surface area contributed by atoms with E-state index in [1.165, 1.54) is 21.6 Å². The van der Waals surface area contributed by atoms with E-state index in [0.29, 0.717) is 6.04 Å². The van der Waals surface area contributed by atoms with Gasteiger partial charge in [0.15, 0.2) is 0 Å². The van der Waals surface area contributed by atoms with Crippen LogP contribution in [0.2, 0.25) is 0 Å². The van der Waals surface area contributed by atoms with Crippen molar-refractivity contribution in [2.45, 2.75) is 40.2 Å². The number of aromatic nitrogens is 1. The normalized spacial score (nSPS) is 12.7. The summed E-state index contributed by atoms with van der Waals surface area (Å²) in [6.45, 7) is 8.52. The van der Waals surface area contributed by atoms with Gasteiger partial charge < -0.3 is 5.32 Å². The van der Waals surface area contributed by atoms with Crippen LogP contribution in [0.4, 0.5) is 0 Å². The van der Waals surface area contributed by atoms with Crippen LogP contribution >= 0.6 is 11.3 Å². The Morgan fingerprint density at radius 1 is 1.21 bits per heavy atom. The summed E-state index contributed by atoms with van der Waals surface area (Å²) in [6, 6.07) is 7.03. The molecule has 0 aliphatic carbocycles. The lowest BCUT2D eigenvalue weighted by Gasteiger charge is -2.17. The summed E-state index contributed by atoms with van der Waals surface area (Å²) >= 11 is 1.80. The second-order valence-electron chi connectivity index (χ2n) is 5.16. The lowest BCUT2D eigenvalue weighted by molar-refractivity contribution is 0.596. The smallest absolute Gasteiger partial charge is 0.0900 e. The average molecular weight is 274 g/mol. The molecular weight excluding hydrogens is 252 g/mol. The Morgan fingerprint density at radius 2 is 1.95 bits per heavy atom. The average Bonchev–Trinajstić information content (AvgIpc) is 2.69. The minimum atomic E-state index is 0.353. The Hall–Kier alpha value is -1.19. The number of rotatable bonds is 4. The molecule has 0 bridgehead atoms. The second kappa shape index (κ2) is 5.85. The van der Waals surface area contributed by atoms with Crippen molar-refractivity contribution in [3.63, 3.8) is 0 Å². The lowest BCUT2D eigenvalue weighted by atomic mass is 9.98. The third-order valence-corrected chi connectivity index (χ3v) is 4.72. The van der Waals surface area contributed by atoms with Gasteiger partial charge in [-0.3, -0.25) is 0 Å². The molecule has 0 saturated heterocycles. The molecule has 0 amide bonds. The van der Waals surface area contributed by atoms with Gasteiger partial charge >= 0.3 is 0 Å². The highest BCUT2D eigenvalue weighted by molar-refractivity contribution is 7.11. The zero-order chi connectivity index (χ0) is 14.0. The summed E-state index contributed by atoms with van der Waals surface area (Å²) in [5.74, 6) is 0. The van der Waals surface area contributed by atoms with Crippen LogP contribution in [0.15, 0.2) is 18.2 Å². The maximum Gasteiger partial charge on any atom is 0.0900 e. The van der Waals surface area contributed by atoms with Crippen molar-refractivity contribution >= 4 is 11.3 Å². The van der Waals surface area contributed by atoms with E-state index in [4.69, 9.17) is 0 Å². The molecule has 3 heteroatoms. The predicted octanol–water partition coefficient (Wildman–Crippen LogP) is 3.88. The van der Waals surface area contributed by atoms with Crippen LogP contribution in [0, 0.1) is 27.7 Å². The molecular formula is C16H22N2S. The molecule has 1 N–H and O–H groups in total. The van der Waals surface area contributed by atoms with Crippen molar-refractivity contribution in [1.29, 1.82) is 0 Å². The molecule has 0 aliphatic heterocycles. The molecule has 2 nitrogen and oxygen atoms in total. The van der Waals surface area contributed by atoms with Crippen molar-refractivity contribution in [3.8, 4) is 0 Å². The number of nitrogens with one attached hydrogen (secondary N) is 1. The highest BCUT2D eigenvalue weighted by Gasteiger charge is 2.17. The second-order valence-corrected chi connectivity index (χ2v) is 6.39. The molecule has 1 aromatic heterocycles. The predicted molar refractivity (Wildman–Crippen MR) is 83.0 cm³/mol. The number of benzene rings is 1. The molecule has 1 unspecified atom stereocenters. The van der Waals surface area contributed by atoms with Gasteiger partial charge in [0, 0.05) is 10.9 Å². The Bertz CT molecular complexity index is 572. The molecule has 0 radical (unpaired) electrons. The van der Waals surface area contributed by atoms with Crippen LogP contribution in [-0.4, -0.2) is 12.0 Å². The van der Waals surface area contributed by atoms with Gasteiger partial charge in [-0.05, 0) is 52.3 Å². The maximum absolute atomic E-state index is 4.54. The van der Waals surface area contributed by atoms with Gasteiger partial charge in [-0.2, -0.15) is 0 Å². The monoisotopic (exact) mass is 274 g/mol. The van der Waals surface area contributed by atoms with E-state index < -0.39 is 0 Å². The first-order chi connectivity index (χ1) is 9.01. The van der Waals surface area contributed by atoms with E-state index in [0.717, 1.165) is 17.1 Å². The van der Waals surface area contributed by atoms with Gasteiger partial charge in [0.05, 0.1) is 10.7 Å². The van der Waals surface area contributed by atoms with E-state index in [2.05, 4.69) is 56.2 Å². The first kappa shape index (κ1) is 14.2. The molecule has 1 atom stereocenters. The molecule has 19 heavy (non-hydrogen) atoms. The molecule has 0 saturated carbocycles. The number of nitrogens with zero attached hydrogens (tertiary/aromatic N) is 1. The third-order valence-electron chi connectivity index (χ3n) is 3.53. The summed E-state index contributed by atoms with van der Waals surface area (Å²) in [7, 11) is 2.03. The minimum absolute atomic E-state index is 0.353. The van der Waals surface area contributed by atoms with E-state index in [1.54, 1.807) is 11.3 Å². The molecule has 0 spiro atoms. The zero-order valence-corrected chi connectivity index (χ0v) is 13.2. The summed E-state index contributed by atoms with van der Waals surface area (Å²) < 4.78 is 0. The highest BCUT2D eigenvalue weighted by atomic mass is 32.1. The summed E-state index contributed by atoms with van der Waals surface area (Å²) in [4.78, 5) is 5.90. The molecule has 2 rings (SSSR count). The van der Waals surface area contributed by atoms with Crippen LogP contribution < -0.4 is 5.32 Å². The number of aryl methyl sites for hydroxylation is 4. The SMILES string of the molecule is CNC(Cc1cc(C)ccc1C)c1sc(C)nc1C.